The van der Waals surface area contributed by atoms with Crippen LogP contribution in [0.3, 0.4) is 0 Å². The molecule has 1 aliphatic heterocycles. The molecule has 0 radical (unpaired) electrons. The first-order chi connectivity index (χ1) is 15.9. The van der Waals surface area contributed by atoms with Gasteiger partial charge in [0.2, 0.25) is 5.91 Å². The molecule has 0 unspecified atom stereocenters. The summed E-state index contributed by atoms with van der Waals surface area (Å²) in [5.41, 5.74) is 0.00362. The number of halogens is 3. The molecule has 2 atom stereocenters. The Hall–Kier alpha value is -2.85. The van der Waals surface area contributed by atoms with Crippen LogP contribution in [0.4, 0.5) is 13.2 Å². The van der Waals surface area contributed by atoms with Crippen molar-refractivity contribution in [2.75, 3.05) is 13.1 Å². The second-order valence-corrected chi connectivity index (χ2v) is 10.6. The smallest absolute Gasteiger partial charge is 0.372 e. The molecule has 182 valence electrons. The standard InChI is InChI=1S/C24H25F3N2O4S/c1-16-11-29(12-17(2)33-16)23(30)14-28-13-22(20-5-3-4-6-21(20)28)34(31,32)15-18-7-9-19(10-8-18)24(25,26)27/h3-10,13,16-17H,11-12,14-15H2,1-2H3/t16-,17-/m0/s1. The molecule has 1 fully saturated rings. The molecular weight excluding hydrogens is 469 g/mol. The molecule has 6 nitrogen and oxygen atoms in total. The highest BCUT2D eigenvalue weighted by atomic mass is 32.2. The predicted octanol–water partition coefficient (Wildman–Crippen LogP) is 4.27. The van der Waals surface area contributed by atoms with E-state index in [9.17, 15) is 26.4 Å². The van der Waals surface area contributed by atoms with E-state index in [2.05, 4.69) is 0 Å². The van der Waals surface area contributed by atoms with E-state index in [1.807, 2.05) is 13.8 Å². The van der Waals surface area contributed by atoms with Gasteiger partial charge in [-0.1, -0.05) is 30.3 Å². The van der Waals surface area contributed by atoms with E-state index in [4.69, 9.17) is 4.74 Å². The molecule has 0 N–H and O–H groups in total. The number of rotatable bonds is 5. The summed E-state index contributed by atoms with van der Waals surface area (Å²) >= 11 is 0. The zero-order valence-corrected chi connectivity index (χ0v) is 19.6. The van der Waals surface area contributed by atoms with E-state index in [0.717, 1.165) is 12.1 Å². The van der Waals surface area contributed by atoms with E-state index in [0.29, 0.717) is 24.0 Å². The molecule has 0 saturated carbocycles. The maximum atomic E-state index is 13.2. The van der Waals surface area contributed by atoms with E-state index >= 15 is 0 Å². The van der Waals surface area contributed by atoms with Crippen molar-refractivity contribution in [1.29, 1.82) is 0 Å². The van der Waals surface area contributed by atoms with Crippen molar-refractivity contribution in [2.45, 2.75) is 49.4 Å². The molecule has 10 heteroatoms. The Bertz CT molecular complexity index is 1290. The minimum atomic E-state index is -4.49. The Morgan fingerprint density at radius 1 is 1.03 bits per heavy atom. The minimum absolute atomic E-state index is 0.0320. The van der Waals surface area contributed by atoms with Gasteiger partial charge in [-0.2, -0.15) is 13.2 Å². The van der Waals surface area contributed by atoms with Gasteiger partial charge in [-0.15, -0.1) is 0 Å². The zero-order valence-electron chi connectivity index (χ0n) is 18.7. The number of fused-ring (bicyclic) bond motifs is 1. The van der Waals surface area contributed by atoms with Gasteiger partial charge in [0.05, 0.1) is 28.4 Å². The van der Waals surface area contributed by atoms with Crippen molar-refractivity contribution in [3.8, 4) is 0 Å². The number of alkyl halides is 3. The average Bonchev–Trinajstić information content (AvgIpc) is 3.12. The molecule has 0 aliphatic carbocycles. The molecule has 4 rings (SSSR count). The molecule has 1 amide bonds. The third kappa shape index (κ3) is 5.12. The lowest BCUT2D eigenvalue weighted by Crippen LogP contribution is -2.49. The Morgan fingerprint density at radius 2 is 1.65 bits per heavy atom. The summed E-state index contributed by atoms with van der Waals surface area (Å²) in [5.74, 6) is -0.597. The average molecular weight is 495 g/mol. The quantitative estimate of drug-likeness (QED) is 0.531. The topological polar surface area (TPSA) is 68.6 Å². The summed E-state index contributed by atoms with van der Waals surface area (Å²) in [5, 5.41) is 0.464. The number of hydrogen-bond donors (Lipinski definition) is 0. The molecular formula is C24H25F3N2O4S. The van der Waals surface area contributed by atoms with Crippen LogP contribution in [-0.4, -0.2) is 49.1 Å². The van der Waals surface area contributed by atoms with Crippen molar-refractivity contribution in [1.82, 2.24) is 9.47 Å². The van der Waals surface area contributed by atoms with Crippen molar-refractivity contribution < 1.29 is 31.1 Å². The van der Waals surface area contributed by atoms with Gasteiger partial charge in [0, 0.05) is 30.2 Å². The first kappa shape index (κ1) is 24.3. The van der Waals surface area contributed by atoms with Gasteiger partial charge in [0.15, 0.2) is 9.84 Å². The third-order valence-electron chi connectivity index (χ3n) is 5.80. The lowest BCUT2D eigenvalue weighted by Gasteiger charge is -2.35. The molecule has 1 saturated heterocycles. The minimum Gasteiger partial charge on any atom is -0.372 e. The Labute approximate surface area is 195 Å². The van der Waals surface area contributed by atoms with Crippen molar-refractivity contribution in [3.63, 3.8) is 0 Å². The number of aromatic nitrogens is 1. The predicted molar refractivity (Wildman–Crippen MR) is 121 cm³/mol. The molecule has 0 bridgehead atoms. The normalized spacial score (nSPS) is 19.5. The van der Waals surface area contributed by atoms with Crippen molar-refractivity contribution in [2.24, 2.45) is 0 Å². The molecule has 2 aromatic carbocycles. The number of carbonyl (C=O) groups excluding carboxylic acids is 1. The van der Waals surface area contributed by atoms with Crippen molar-refractivity contribution >= 4 is 26.6 Å². The SMILES string of the molecule is C[C@H]1CN(C(=O)Cn2cc(S(=O)(=O)Cc3ccc(C(F)(F)F)cc3)c3ccccc32)C[C@H](C)O1. The summed E-state index contributed by atoms with van der Waals surface area (Å²) in [7, 11) is -3.89. The Morgan fingerprint density at radius 3 is 2.26 bits per heavy atom. The Kier molecular flexibility index (Phi) is 6.48. The number of nitrogens with zero attached hydrogens (tertiary/aromatic N) is 2. The summed E-state index contributed by atoms with van der Waals surface area (Å²) in [6, 6.07) is 11.0. The molecule has 1 aliphatic rings. The lowest BCUT2D eigenvalue weighted by molar-refractivity contribution is -0.143. The van der Waals surface area contributed by atoms with E-state index in [1.54, 1.807) is 33.7 Å². The van der Waals surface area contributed by atoms with Gasteiger partial charge < -0.3 is 14.2 Å². The van der Waals surface area contributed by atoms with E-state index in [-0.39, 0.29) is 35.1 Å². The molecule has 34 heavy (non-hydrogen) atoms. The van der Waals surface area contributed by atoms with E-state index in [1.165, 1.54) is 18.3 Å². The number of hydrogen-bond acceptors (Lipinski definition) is 4. The molecule has 1 aromatic heterocycles. The fraction of sp³-hybridized carbons (Fsp3) is 0.375. The second-order valence-electron chi connectivity index (χ2n) is 8.65. The van der Waals surface area contributed by atoms with Gasteiger partial charge in [-0.05, 0) is 37.6 Å². The van der Waals surface area contributed by atoms with Gasteiger partial charge in [0.1, 0.15) is 6.54 Å². The van der Waals surface area contributed by atoms with Crippen LogP contribution in [0, 0.1) is 0 Å². The number of carbonyl (C=O) groups is 1. The van der Waals surface area contributed by atoms with Gasteiger partial charge in [0.25, 0.3) is 0 Å². The molecule has 3 aromatic rings. The highest BCUT2D eigenvalue weighted by molar-refractivity contribution is 7.90. The highest BCUT2D eigenvalue weighted by Gasteiger charge is 2.31. The van der Waals surface area contributed by atoms with Crippen LogP contribution in [0.25, 0.3) is 10.9 Å². The first-order valence-corrected chi connectivity index (χ1v) is 12.5. The van der Waals surface area contributed by atoms with Gasteiger partial charge in [-0.25, -0.2) is 8.42 Å². The number of amides is 1. The largest absolute Gasteiger partial charge is 0.416 e. The van der Waals surface area contributed by atoms with Crippen LogP contribution < -0.4 is 0 Å². The van der Waals surface area contributed by atoms with Gasteiger partial charge in [-0.3, -0.25) is 4.79 Å². The zero-order chi connectivity index (χ0) is 24.7. The maximum Gasteiger partial charge on any atom is 0.416 e. The number of benzene rings is 2. The number of morpholine rings is 1. The van der Waals surface area contributed by atoms with E-state index < -0.39 is 27.3 Å². The third-order valence-corrected chi connectivity index (χ3v) is 7.51. The second kappa shape index (κ2) is 9.07. The fourth-order valence-electron chi connectivity index (χ4n) is 4.31. The van der Waals surface area contributed by atoms with Crippen LogP contribution in [0.1, 0.15) is 25.0 Å². The fourth-order valence-corrected chi connectivity index (χ4v) is 5.89. The number of para-hydroxylation sites is 1. The lowest BCUT2D eigenvalue weighted by atomic mass is 10.1. The Balaban J connectivity index is 1.61. The van der Waals surface area contributed by atoms with Crippen LogP contribution in [0.2, 0.25) is 0 Å². The monoisotopic (exact) mass is 494 g/mol. The van der Waals surface area contributed by atoms with Crippen LogP contribution in [0.5, 0.6) is 0 Å². The summed E-state index contributed by atoms with van der Waals surface area (Å²) in [6.07, 6.45) is -3.23. The van der Waals surface area contributed by atoms with Crippen LogP contribution in [-0.2, 0) is 37.8 Å². The summed E-state index contributed by atoms with van der Waals surface area (Å²) < 4.78 is 72.2. The number of sulfone groups is 1. The maximum absolute atomic E-state index is 13.2. The van der Waals surface area contributed by atoms with Crippen LogP contribution in [0.15, 0.2) is 59.6 Å². The highest BCUT2D eigenvalue weighted by Crippen LogP contribution is 2.31. The number of ether oxygens (including phenoxy) is 1. The summed E-state index contributed by atoms with van der Waals surface area (Å²) in [6.45, 7) is 4.68. The van der Waals surface area contributed by atoms with Crippen LogP contribution >= 0.6 is 0 Å². The molecule has 2 heterocycles. The molecule has 0 spiro atoms. The van der Waals surface area contributed by atoms with Crippen molar-refractivity contribution in [3.05, 3.63) is 65.9 Å². The summed E-state index contributed by atoms with van der Waals surface area (Å²) in [4.78, 5) is 14.7. The first-order valence-electron chi connectivity index (χ1n) is 10.8. The van der Waals surface area contributed by atoms with Gasteiger partial charge >= 0.3 is 6.18 Å².